The average Bonchev–Trinajstić information content (AvgIpc) is 2.94. The summed E-state index contributed by atoms with van der Waals surface area (Å²) < 4.78 is 2.73. The molecule has 3 aromatic heterocycles. The summed E-state index contributed by atoms with van der Waals surface area (Å²) in [6.07, 6.45) is 1.86. The van der Waals surface area contributed by atoms with Crippen molar-refractivity contribution in [2.75, 3.05) is 0 Å². The fourth-order valence-electron chi connectivity index (χ4n) is 1.71. The highest BCUT2D eigenvalue weighted by Crippen LogP contribution is 2.28. The molecule has 3 heterocycles. The van der Waals surface area contributed by atoms with Crippen LogP contribution in [-0.2, 0) is 0 Å². The monoisotopic (exact) mass is 303 g/mol. The third-order valence-corrected chi connectivity index (χ3v) is 3.79. The fourth-order valence-corrected chi connectivity index (χ4v) is 2.76. The number of fused-ring (bicyclic) bond motifs is 1. The summed E-state index contributed by atoms with van der Waals surface area (Å²) in [5.41, 5.74) is 2.11. The molecule has 0 fully saturated rings. The van der Waals surface area contributed by atoms with Gasteiger partial charge in [0.1, 0.15) is 17.4 Å². The molecule has 82 valence electrons. The van der Waals surface area contributed by atoms with Gasteiger partial charge in [0.2, 0.25) is 0 Å². The minimum absolute atomic E-state index is 0.573. The van der Waals surface area contributed by atoms with E-state index in [0.717, 1.165) is 20.7 Å². The van der Waals surface area contributed by atoms with Crippen molar-refractivity contribution in [1.82, 2.24) is 9.38 Å². The number of hydrogen-bond donors (Lipinski definition) is 0. The van der Waals surface area contributed by atoms with Gasteiger partial charge in [-0.05, 0) is 39.5 Å². The van der Waals surface area contributed by atoms with Gasteiger partial charge in [-0.25, -0.2) is 4.98 Å². The number of nitriles is 1. The van der Waals surface area contributed by atoms with Crippen LogP contribution in [0.5, 0.6) is 0 Å². The van der Waals surface area contributed by atoms with Crippen LogP contribution in [0.1, 0.15) is 5.69 Å². The number of imidazole rings is 1. The third-order valence-electron chi connectivity index (χ3n) is 2.44. The molecule has 0 spiro atoms. The van der Waals surface area contributed by atoms with E-state index >= 15 is 0 Å². The highest BCUT2D eigenvalue weighted by molar-refractivity contribution is 9.10. The highest BCUT2D eigenvalue weighted by Gasteiger charge is 2.14. The van der Waals surface area contributed by atoms with Gasteiger partial charge in [0.05, 0.1) is 4.88 Å². The first-order valence-electron chi connectivity index (χ1n) is 4.91. The number of rotatable bonds is 1. The molecule has 0 N–H and O–H groups in total. The average molecular weight is 304 g/mol. The molecule has 0 bridgehead atoms. The van der Waals surface area contributed by atoms with Crippen molar-refractivity contribution >= 4 is 32.9 Å². The molecule has 0 saturated heterocycles. The second-order valence-electron chi connectivity index (χ2n) is 3.47. The van der Waals surface area contributed by atoms with Gasteiger partial charge in [-0.3, -0.25) is 4.40 Å². The normalized spacial score (nSPS) is 10.6. The Labute approximate surface area is 110 Å². The maximum Gasteiger partial charge on any atom is 0.153 e. The lowest BCUT2D eigenvalue weighted by Gasteiger charge is -1.95. The summed E-state index contributed by atoms with van der Waals surface area (Å²) in [6.45, 7) is 0. The summed E-state index contributed by atoms with van der Waals surface area (Å²) in [5, 5.41) is 11.3. The van der Waals surface area contributed by atoms with E-state index in [1.807, 2.05) is 35.8 Å². The molecule has 0 unspecified atom stereocenters. The van der Waals surface area contributed by atoms with Crippen molar-refractivity contribution < 1.29 is 0 Å². The Kier molecular flexibility index (Phi) is 2.46. The van der Waals surface area contributed by atoms with Gasteiger partial charge in [-0.1, -0.05) is 6.07 Å². The largest absolute Gasteiger partial charge is 0.290 e. The Morgan fingerprint density at radius 1 is 1.35 bits per heavy atom. The molecule has 3 nitrogen and oxygen atoms in total. The van der Waals surface area contributed by atoms with Crippen molar-refractivity contribution in [3.63, 3.8) is 0 Å². The van der Waals surface area contributed by atoms with Crippen LogP contribution in [0.25, 0.3) is 16.2 Å². The molecule has 0 aromatic carbocycles. The van der Waals surface area contributed by atoms with Gasteiger partial charge in [0.25, 0.3) is 0 Å². The Morgan fingerprint density at radius 3 is 2.94 bits per heavy atom. The summed E-state index contributed by atoms with van der Waals surface area (Å²) in [5.74, 6) is 0. The lowest BCUT2D eigenvalue weighted by Crippen LogP contribution is -1.88. The highest BCUT2D eigenvalue weighted by atomic mass is 79.9. The molecule has 0 saturated carbocycles. The molecule has 0 aliphatic heterocycles. The van der Waals surface area contributed by atoms with Gasteiger partial charge in [0.15, 0.2) is 5.69 Å². The van der Waals surface area contributed by atoms with Crippen molar-refractivity contribution in [3.8, 4) is 16.6 Å². The van der Waals surface area contributed by atoms with Crippen LogP contribution in [0.3, 0.4) is 0 Å². The number of hydrogen-bond acceptors (Lipinski definition) is 3. The number of thiophene rings is 1. The molecule has 0 radical (unpaired) electrons. The summed E-state index contributed by atoms with van der Waals surface area (Å²) >= 11 is 4.98. The van der Waals surface area contributed by atoms with Crippen molar-refractivity contribution in [2.45, 2.75) is 0 Å². The molecule has 0 atom stereocenters. The van der Waals surface area contributed by atoms with E-state index in [-0.39, 0.29) is 0 Å². The van der Waals surface area contributed by atoms with Crippen LogP contribution < -0.4 is 0 Å². The Hall–Kier alpha value is -1.64. The Morgan fingerprint density at radius 2 is 2.24 bits per heavy atom. The quantitative estimate of drug-likeness (QED) is 0.688. The third kappa shape index (κ3) is 1.66. The number of pyridine rings is 1. The van der Waals surface area contributed by atoms with Gasteiger partial charge in [-0.2, -0.15) is 5.26 Å². The first kappa shape index (κ1) is 10.5. The van der Waals surface area contributed by atoms with Gasteiger partial charge < -0.3 is 0 Å². The second kappa shape index (κ2) is 3.99. The van der Waals surface area contributed by atoms with Crippen LogP contribution in [-0.4, -0.2) is 9.38 Å². The summed E-state index contributed by atoms with van der Waals surface area (Å²) in [6, 6.07) is 9.96. The van der Waals surface area contributed by atoms with Crippen molar-refractivity contribution in [3.05, 3.63) is 46.0 Å². The number of halogens is 1. The van der Waals surface area contributed by atoms with Crippen LogP contribution in [0.15, 0.2) is 40.3 Å². The number of nitrogens with zero attached hydrogens (tertiary/aromatic N) is 3. The van der Waals surface area contributed by atoms with E-state index < -0.39 is 0 Å². The second-order valence-corrected chi connectivity index (χ2v) is 5.34. The van der Waals surface area contributed by atoms with E-state index in [4.69, 9.17) is 0 Å². The zero-order valence-electron chi connectivity index (χ0n) is 8.59. The summed E-state index contributed by atoms with van der Waals surface area (Å²) in [7, 11) is 0. The molecular formula is C12H6BrN3S. The van der Waals surface area contributed by atoms with Crippen molar-refractivity contribution in [1.29, 1.82) is 5.26 Å². The Bertz CT molecular complexity index is 722. The van der Waals surface area contributed by atoms with Crippen LogP contribution in [0.4, 0.5) is 0 Å². The van der Waals surface area contributed by atoms with E-state index in [9.17, 15) is 5.26 Å². The predicted molar refractivity (Wildman–Crippen MR) is 70.9 cm³/mol. The SMILES string of the molecule is N#Cc1c(-c2cccs2)nc2ccc(Br)cn12. The summed E-state index contributed by atoms with van der Waals surface area (Å²) in [4.78, 5) is 5.51. The van der Waals surface area contributed by atoms with E-state index in [0.29, 0.717) is 5.69 Å². The predicted octanol–water partition coefficient (Wildman–Crippen LogP) is 3.70. The zero-order valence-corrected chi connectivity index (χ0v) is 11.0. The van der Waals surface area contributed by atoms with Crippen molar-refractivity contribution in [2.24, 2.45) is 0 Å². The van der Waals surface area contributed by atoms with E-state index in [1.165, 1.54) is 0 Å². The van der Waals surface area contributed by atoms with E-state index in [1.54, 1.807) is 15.7 Å². The maximum atomic E-state index is 9.27. The molecule has 3 rings (SSSR count). The van der Waals surface area contributed by atoms with Gasteiger partial charge >= 0.3 is 0 Å². The minimum atomic E-state index is 0.573. The van der Waals surface area contributed by atoms with Crippen LogP contribution in [0.2, 0.25) is 0 Å². The smallest absolute Gasteiger partial charge is 0.153 e. The molecule has 0 amide bonds. The van der Waals surface area contributed by atoms with Gasteiger partial charge in [-0.15, -0.1) is 11.3 Å². The Balaban J connectivity index is 2.37. The standard InChI is InChI=1S/C12H6BrN3S/c13-8-3-4-11-15-12(10-2-1-5-17-10)9(6-14)16(11)7-8/h1-5,7H. The van der Waals surface area contributed by atoms with Crippen LogP contribution >= 0.6 is 27.3 Å². The molecule has 5 heteroatoms. The molecule has 0 aliphatic carbocycles. The molecule has 17 heavy (non-hydrogen) atoms. The molecule has 3 aromatic rings. The van der Waals surface area contributed by atoms with Gasteiger partial charge in [0, 0.05) is 10.7 Å². The van der Waals surface area contributed by atoms with E-state index in [2.05, 4.69) is 27.0 Å². The molecular weight excluding hydrogens is 298 g/mol. The topological polar surface area (TPSA) is 41.1 Å². The minimum Gasteiger partial charge on any atom is -0.290 e. The number of aromatic nitrogens is 2. The fraction of sp³-hybridized carbons (Fsp3) is 0. The lowest BCUT2D eigenvalue weighted by atomic mass is 10.3. The molecule has 0 aliphatic rings. The zero-order chi connectivity index (χ0) is 11.8. The lowest BCUT2D eigenvalue weighted by molar-refractivity contribution is 1.14. The first-order valence-corrected chi connectivity index (χ1v) is 6.58. The first-order chi connectivity index (χ1) is 8.29. The van der Waals surface area contributed by atoms with Crippen LogP contribution in [0, 0.1) is 11.3 Å². The maximum absolute atomic E-state index is 9.27.